The van der Waals surface area contributed by atoms with E-state index in [-0.39, 0.29) is 31.3 Å². The lowest BCUT2D eigenvalue weighted by Crippen LogP contribution is -2.74. The Bertz CT molecular complexity index is 1450. The number of hydrogen-bond donors (Lipinski definition) is 1. The largest absolute Gasteiger partial charge is 0.490 e. The molecule has 11 nitrogen and oxygen atoms in total. The van der Waals surface area contributed by atoms with Gasteiger partial charge in [-0.3, -0.25) is 19.7 Å². The first kappa shape index (κ1) is 27.7. The van der Waals surface area contributed by atoms with Gasteiger partial charge in [0.25, 0.3) is 11.6 Å². The highest BCUT2D eigenvalue weighted by Gasteiger charge is 2.57. The summed E-state index contributed by atoms with van der Waals surface area (Å²) in [7, 11) is 0. The SMILES string of the molecule is O=C(COc1ccccc1)N[C@@H]1C(=O)N2[C@@H](C(=O)OCc3ccc([N+](=O)[O-])cc3)C(OCc3ccccc3)=CS[C@H]12. The summed E-state index contributed by atoms with van der Waals surface area (Å²) in [6, 6.07) is 21.8. The van der Waals surface area contributed by atoms with E-state index in [0.717, 1.165) is 5.56 Å². The Morgan fingerprint density at radius 3 is 2.24 bits per heavy atom. The summed E-state index contributed by atoms with van der Waals surface area (Å²) in [5, 5.41) is 14.7. The van der Waals surface area contributed by atoms with Crippen LogP contribution in [0.3, 0.4) is 0 Å². The van der Waals surface area contributed by atoms with Gasteiger partial charge in [0, 0.05) is 17.5 Å². The zero-order valence-electron chi connectivity index (χ0n) is 21.6. The average Bonchev–Trinajstić information content (AvgIpc) is 3.01. The van der Waals surface area contributed by atoms with Crippen LogP contribution in [0.1, 0.15) is 11.1 Å². The topological polar surface area (TPSA) is 137 Å². The molecule has 2 amide bonds. The lowest BCUT2D eigenvalue weighted by molar-refractivity contribution is -0.384. The number of non-ortho nitro benzene ring substituents is 1. The molecular weight excluding hydrogens is 550 g/mol. The zero-order valence-corrected chi connectivity index (χ0v) is 22.4. The minimum atomic E-state index is -1.16. The maximum atomic E-state index is 13.3. The van der Waals surface area contributed by atoms with Gasteiger partial charge in [0.2, 0.25) is 5.91 Å². The highest BCUT2D eigenvalue weighted by molar-refractivity contribution is 8.02. The maximum Gasteiger partial charge on any atom is 0.337 e. The number of β-lactam (4-membered cyclic amide) rings is 1. The normalized spacial score (nSPS) is 19.2. The van der Waals surface area contributed by atoms with Crippen molar-refractivity contribution in [1.29, 1.82) is 0 Å². The van der Waals surface area contributed by atoms with Crippen LogP contribution in [-0.2, 0) is 37.1 Å². The predicted molar refractivity (Wildman–Crippen MR) is 148 cm³/mol. The number of nitro benzene ring substituents is 1. The highest BCUT2D eigenvalue weighted by atomic mass is 32.2. The molecule has 0 spiro atoms. The van der Waals surface area contributed by atoms with Gasteiger partial charge in [0.15, 0.2) is 12.6 Å². The minimum absolute atomic E-state index is 0.0832. The Kier molecular flexibility index (Phi) is 8.49. The molecule has 0 aliphatic carbocycles. The van der Waals surface area contributed by atoms with Crippen molar-refractivity contribution in [2.75, 3.05) is 6.61 Å². The quantitative estimate of drug-likeness (QED) is 0.157. The van der Waals surface area contributed by atoms with Crippen LogP contribution >= 0.6 is 11.8 Å². The second-order valence-electron chi connectivity index (χ2n) is 9.15. The third-order valence-corrected chi connectivity index (χ3v) is 7.53. The third-order valence-electron chi connectivity index (χ3n) is 6.38. The summed E-state index contributed by atoms with van der Waals surface area (Å²) in [5.41, 5.74) is 1.33. The van der Waals surface area contributed by atoms with Crippen molar-refractivity contribution in [3.8, 4) is 5.75 Å². The van der Waals surface area contributed by atoms with E-state index in [1.165, 1.54) is 40.9 Å². The van der Waals surface area contributed by atoms with Crippen molar-refractivity contribution in [2.24, 2.45) is 0 Å². The fourth-order valence-corrected chi connectivity index (χ4v) is 5.46. The van der Waals surface area contributed by atoms with Crippen LogP contribution < -0.4 is 10.1 Å². The molecule has 2 aliphatic rings. The van der Waals surface area contributed by atoms with Gasteiger partial charge < -0.3 is 24.4 Å². The molecule has 0 radical (unpaired) electrons. The molecule has 12 heteroatoms. The molecule has 3 aromatic rings. The summed E-state index contributed by atoms with van der Waals surface area (Å²) in [4.78, 5) is 50.8. The number of carbonyl (C=O) groups is 3. The molecule has 1 N–H and O–H groups in total. The lowest BCUT2D eigenvalue weighted by Gasteiger charge is -2.51. The number of amides is 2. The second kappa shape index (κ2) is 12.6. The Morgan fingerprint density at radius 1 is 0.902 bits per heavy atom. The molecule has 3 aromatic carbocycles. The van der Waals surface area contributed by atoms with E-state index in [1.54, 1.807) is 29.7 Å². The van der Waals surface area contributed by atoms with Gasteiger partial charge in [-0.1, -0.05) is 48.5 Å². The molecule has 0 aromatic heterocycles. The van der Waals surface area contributed by atoms with E-state index in [9.17, 15) is 24.5 Å². The first-order chi connectivity index (χ1) is 19.9. The smallest absolute Gasteiger partial charge is 0.337 e. The number of thioether (sulfide) groups is 1. The Balaban J connectivity index is 1.26. The molecule has 0 unspecified atom stereocenters. The first-order valence-corrected chi connectivity index (χ1v) is 13.6. The van der Waals surface area contributed by atoms with Crippen molar-refractivity contribution in [1.82, 2.24) is 10.2 Å². The third kappa shape index (κ3) is 6.49. The molecule has 0 saturated carbocycles. The van der Waals surface area contributed by atoms with Gasteiger partial charge in [-0.25, -0.2) is 4.79 Å². The van der Waals surface area contributed by atoms with Gasteiger partial charge in [-0.15, -0.1) is 11.8 Å². The predicted octanol–water partition coefficient (Wildman–Crippen LogP) is 3.54. The average molecular weight is 576 g/mol. The maximum absolute atomic E-state index is 13.3. The van der Waals surface area contributed by atoms with Crippen molar-refractivity contribution < 1.29 is 33.5 Å². The second-order valence-corrected chi connectivity index (χ2v) is 10.1. The molecule has 3 atom stereocenters. The number of esters is 1. The van der Waals surface area contributed by atoms with Crippen LogP contribution in [0, 0.1) is 10.1 Å². The number of nitrogens with one attached hydrogen (secondary N) is 1. The van der Waals surface area contributed by atoms with Gasteiger partial charge in [-0.05, 0) is 35.4 Å². The number of ether oxygens (including phenoxy) is 3. The van der Waals surface area contributed by atoms with Gasteiger partial charge in [0.05, 0.1) is 4.92 Å². The standard InChI is InChI=1S/C29H25N3O8S/c33-24(17-38-22-9-5-2-6-10-22)30-25-27(34)31-26(29(35)40-16-20-11-13-21(14-12-20)32(36)37)23(18-41-28(25)31)39-15-19-7-3-1-4-8-19/h1-14,18,25-26,28H,15-17H2,(H,30,33)/t25-,26-,28-/m1/s1. The Morgan fingerprint density at radius 2 is 1.56 bits per heavy atom. The summed E-state index contributed by atoms with van der Waals surface area (Å²) in [6.45, 7) is -0.258. The van der Waals surface area contributed by atoms with Crippen LogP contribution in [0.15, 0.2) is 96.1 Å². The molecule has 2 heterocycles. The number of nitrogens with zero attached hydrogens (tertiary/aromatic N) is 2. The van der Waals surface area contributed by atoms with Crippen LogP contribution in [0.5, 0.6) is 5.75 Å². The number of para-hydroxylation sites is 1. The van der Waals surface area contributed by atoms with Gasteiger partial charge in [0.1, 0.15) is 36.1 Å². The summed E-state index contributed by atoms with van der Waals surface area (Å²) in [5.74, 6) is -0.885. The fourth-order valence-electron chi connectivity index (χ4n) is 4.29. The Hall–Kier alpha value is -4.84. The van der Waals surface area contributed by atoms with E-state index in [1.807, 2.05) is 36.4 Å². The highest BCUT2D eigenvalue weighted by Crippen LogP contribution is 2.41. The number of carbonyl (C=O) groups excluding carboxylic acids is 3. The van der Waals surface area contributed by atoms with Crippen LogP contribution in [0.25, 0.3) is 0 Å². The molecule has 41 heavy (non-hydrogen) atoms. The number of nitro groups is 1. The summed E-state index contributed by atoms with van der Waals surface area (Å²) >= 11 is 1.26. The molecule has 0 bridgehead atoms. The van der Waals surface area contributed by atoms with Gasteiger partial charge >= 0.3 is 5.97 Å². The molecule has 2 aliphatic heterocycles. The van der Waals surface area contributed by atoms with Crippen LogP contribution in [-0.4, -0.2) is 51.7 Å². The van der Waals surface area contributed by atoms with Crippen LogP contribution in [0.2, 0.25) is 0 Å². The van der Waals surface area contributed by atoms with Crippen molar-refractivity contribution >= 4 is 35.2 Å². The van der Waals surface area contributed by atoms with Gasteiger partial charge in [-0.2, -0.15) is 0 Å². The zero-order chi connectivity index (χ0) is 28.8. The Labute approximate surface area is 239 Å². The lowest BCUT2D eigenvalue weighted by atomic mass is 10.0. The van der Waals surface area contributed by atoms with E-state index in [4.69, 9.17) is 14.2 Å². The summed E-state index contributed by atoms with van der Waals surface area (Å²) < 4.78 is 16.9. The van der Waals surface area contributed by atoms with Crippen molar-refractivity contribution in [3.63, 3.8) is 0 Å². The molecule has 5 rings (SSSR count). The summed E-state index contributed by atoms with van der Waals surface area (Å²) in [6.07, 6.45) is 0. The van der Waals surface area contributed by atoms with E-state index >= 15 is 0 Å². The minimum Gasteiger partial charge on any atom is -0.490 e. The first-order valence-electron chi connectivity index (χ1n) is 12.6. The fraction of sp³-hybridized carbons (Fsp3) is 0.207. The van der Waals surface area contributed by atoms with Crippen molar-refractivity contribution in [2.45, 2.75) is 30.7 Å². The van der Waals surface area contributed by atoms with E-state index in [0.29, 0.717) is 11.3 Å². The molecule has 1 saturated heterocycles. The number of fused-ring (bicyclic) bond motifs is 1. The van der Waals surface area contributed by atoms with Crippen molar-refractivity contribution in [3.05, 3.63) is 117 Å². The number of rotatable bonds is 11. The monoisotopic (exact) mass is 575 g/mol. The van der Waals surface area contributed by atoms with Crippen LogP contribution in [0.4, 0.5) is 5.69 Å². The number of hydrogen-bond acceptors (Lipinski definition) is 9. The van der Waals surface area contributed by atoms with E-state index in [2.05, 4.69) is 5.32 Å². The molecule has 210 valence electrons. The number of benzene rings is 3. The molecular formula is C29H25N3O8S. The molecule has 1 fully saturated rings. The van der Waals surface area contributed by atoms with E-state index < -0.39 is 40.2 Å².